The molecule has 0 aromatic heterocycles. The van der Waals surface area contributed by atoms with Crippen LogP contribution >= 0.6 is 11.8 Å². The normalized spacial score (nSPS) is 13.6. The molecule has 1 aromatic carbocycles. The molecule has 1 rings (SSSR count). The fourth-order valence-corrected chi connectivity index (χ4v) is 2.48. The first-order valence-corrected chi connectivity index (χ1v) is 6.86. The molecule has 1 atom stereocenters. The third-order valence-corrected chi connectivity index (χ3v) is 3.66. The standard InChI is InChI=1S/C13H18F3NS/c1-10-4-2-3-5-12(10)8-11(9-17)6-7-18-13(14,15)16/h2-5,11H,6-9,17H2,1H3. The predicted molar refractivity (Wildman–Crippen MR) is 70.6 cm³/mol. The van der Waals surface area contributed by atoms with Crippen LogP contribution in [0.4, 0.5) is 13.2 Å². The van der Waals surface area contributed by atoms with Crippen molar-refractivity contribution in [2.24, 2.45) is 11.7 Å². The molecule has 0 aliphatic carbocycles. The van der Waals surface area contributed by atoms with Crippen molar-refractivity contribution in [3.8, 4) is 0 Å². The first-order chi connectivity index (χ1) is 8.42. The van der Waals surface area contributed by atoms with Gasteiger partial charge in [0.1, 0.15) is 0 Å². The van der Waals surface area contributed by atoms with Crippen molar-refractivity contribution >= 4 is 11.8 Å². The van der Waals surface area contributed by atoms with Crippen molar-refractivity contribution in [3.05, 3.63) is 35.4 Å². The molecule has 1 aromatic rings. The summed E-state index contributed by atoms with van der Waals surface area (Å²) in [7, 11) is 0. The van der Waals surface area contributed by atoms with Crippen LogP contribution in [0, 0.1) is 12.8 Å². The van der Waals surface area contributed by atoms with E-state index >= 15 is 0 Å². The molecule has 0 spiro atoms. The van der Waals surface area contributed by atoms with Gasteiger partial charge in [-0.1, -0.05) is 36.0 Å². The Morgan fingerprint density at radius 1 is 1.28 bits per heavy atom. The highest BCUT2D eigenvalue weighted by Crippen LogP contribution is 2.31. The van der Waals surface area contributed by atoms with Crippen LogP contribution in [-0.2, 0) is 6.42 Å². The Bertz CT molecular complexity index is 365. The lowest BCUT2D eigenvalue weighted by Crippen LogP contribution is -2.19. The van der Waals surface area contributed by atoms with Crippen LogP contribution in [0.3, 0.4) is 0 Å². The highest BCUT2D eigenvalue weighted by Gasteiger charge is 2.27. The van der Waals surface area contributed by atoms with Gasteiger partial charge in [0, 0.05) is 5.75 Å². The van der Waals surface area contributed by atoms with Crippen LogP contribution < -0.4 is 5.73 Å². The molecule has 2 N–H and O–H groups in total. The minimum absolute atomic E-state index is 0.0365. The lowest BCUT2D eigenvalue weighted by Gasteiger charge is -2.16. The van der Waals surface area contributed by atoms with Gasteiger partial charge in [-0.05, 0) is 43.4 Å². The summed E-state index contributed by atoms with van der Waals surface area (Å²) in [4.78, 5) is 0. The van der Waals surface area contributed by atoms with Gasteiger partial charge in [0.25, 0.3) is 0 Å². The van der Waals surface area contributed by atoms with Gasteiger partial charge in [-0.15, -0.1) is 0 Å². The summed E-state index contributed by atoms with van der Waals surface area (Å²) in [5.74, 6) is 0.193. The Hall–Kier alpha value is -0.680. The monoisotopic (exact) mass is 277 g/mol. The van der Waals surface area contributed by atoms with E-state index in [1.165, 1.54) is 11.1 Å². The molecule has 0 amide bonds. The predicted octanol–water partition coefficient (Wildman–Crippen LogP) is 3.76. The first-order valence-electron chi connectivity index (χ1n) is 5.87. The molecule has 0 saturated carbocycles. The second-order valence-electron chi connectivity index (χ2n) is 4.32. The second-order valence-corrected chi connectivity index (χ2v) is 5.48. The van der Waals surface area contributed by atoms with E-state index in [-0.39, 0.29) is 23.4 Å². The Morgan fingerprint density at radius 2 is 1.94 bits per heavy atom. The maximum Gasteiger partial charge on any atom is 0.441 e. The van der Waals surface area contributed by atoms with Crippen LogP contribution in [0.2, 0.25) is 0 Å². The smallest absolute Gasteiger partial charge is 0.330 e. The molecule has 1 nitrogen and oxygen atoms in total. The number of halogens is 3. The summed E-state index contributed by atoms with van der Waals surface area (Å²) in [5, 5.41) is 0. The quantitative estimate of drug-likeness (QED) is 0.857. The van der Waals surface area contributed by atoms with E-state index in [1.54, 1.807) is 0 Å². The molecule has 1 unspecified atom stereocenters. The van der Waals surface area contributed by atoms with Gasteiger partial charge >= 0.3 is 5.51 Å². The van der Waals surface area contributed by atoms with Crippen molar-refractivity contribution in [2.45, 2.75) is 25.3 Å². The third-order valence-electron chi connectivity index (χ3n) is 2.90. The summed E-state index contributed by atoms with van der Waals surface area (Å²) in [6.45, 7) is 2.43. The Kier molecular flexibility index (Phi) is 6.02. The van der Waals surface area contributed by atoms with Crippen molar-refractivity contribution in [1.82, 2.24) is 0 Å². The number of hydrogen-bond donors (Lipinski definition) is 1. The molecule has 0 heterocycles. The second kappa shape index (κ2) is 7.04. The molecule has 102 valence electrons. The molecule has 18 heavy (non-hydrogen) atoms. The molecule has 0 bridgehead atoms. The number of benzene rings is 1. The van der Waals surface area contributed by atoms with Gasteiger partial charge in [-0.25, -0.2) is 0 Å². The molecule has 0 aliphatic heterocycles. The fraction of sp³-hybridized carbons (Fsp3) is 0.538. The van der Waals surface area contributed by atoms with Crippen molar-refractivity contribution in [2.75, 3.05) is 12.3 Å². The van der Waals surface area contributed by atoms with E-state index in [2.05, 4.69) is 0 Å². The van der Waals surface area contributed by atoms with E-state index in [0.29, 0.717) is 13.0 Å². The van der Waals surface area contributed by atoms with Gasteiger partial charge in [0.15, 0.2) is 0 Å². The molecule has 0 aliphatic rings. The average molecular weight is 277 g/mol. The van der Waals surface area contributed by atoms with Crippen LogP contribution in [0.5, 0.6) is 0 Å². The topological polar surface area (TPSA) is 26.0 Å². The Morgan fingerprint density at radius 3 is 2.50 bits per heavy atom. The van der Waals surface area contributed by atoms with E-state index in [0.717, 1.165) is 6.42 Å². The lowest BCUT2D eigenvalue weighted by molar-refractivity contribution is -0.0328. The summed E-state index contributed by atoms with van der Waals surface area (Å²) >= 11 is 0.0365. The number of hydrogen-bond acceptors (Lipinski definition) is 2. The summed E-state index contributed by atoms with van der Waals surface area (Å²) in [6, 6.07) is 7.92. The van der Waals surface area contributed by atoms with Gasteiger partial charge in [-0.2, -0.15) is 13.2 Å². The van der Waals surface area contributed by atoms with Gasteiger partial charge in [0.05, 0.1) is 0 Å². The number of thioether (sulfide) groups is 1. The van der Waals surface area contributed by atoms with Crippen molar-refractivity contribution in [3.63, 3.8) is 0 Å². The zero-order valence-electron chi connectivity index (χ0n) is 10.3. The highest BCUT2D eigenvalue weighted by molar-refractivity contribution is 8.00. The molecule has 0 fully saturated rings. The molecular weight excluding hydrogens is 259 g/mol. The maximum atomic E-state index is 12.0. The highest BCUT2D eigenvalue weighted by atomic mass is 32.2. The van der Waals surface area contributed by atoms with Crippen molar-refractivity contribution < 1.29 is 13.2 Å². The molecule has 0 saturated heterocycles. The van der Waals surface area contributed by atoms with Crippen LogP contribution in [-0.4, -0.2) is 17.8 Å². The van der Waals surface area contributed by atoms with E-state index in [1.807, 2.05) is 31.2 Å². The summed E-state index contributed by atoms with van der Waals surface area (Å²) in [6.07, 6.45) is 1.25. The molecular formula is C13H18F3NS. The van der Waals surface area contributed by atoms with E-state index in [4.69, 9.17) is 5.73 Å². The van der Waals surface area contributed by atoms with Gasteiger partial charge in [-0.3, -0.25) is 0 Å². The number of aryl methyl sites for hydroxylation is 1. The average Bonchev–Trinajstić information content (AvgIpc) is 2.29. The van der Waals surface area contributed by atoms with Crippen LogP contribution in [0.15, 0.2) is 24.3 Å². The number of nitrogens with two attached hydrogens (primary N) is 1. The minimum Gasteiger partial charge on any atom is -0.330 e. The third kappa shape index (κ3) is 5.78. The fourth-order valence-electron chi connectivity index (χ4n) is 1.79. The Labute approximate surface area is 110 Å². The number of alkyl halides is 3. The van der Waals surface area contributed by atoms with Crippen LogP contribution in [0.1, 0.15) is 17.5 Å². The summed E-state index contributed by atoms with van der Waals surface area (Å²) < 4.78 is 36.1. The summed E-state index contributed by atoms with van der Waals surface area (Å²) in [5.41, 5.74) is 3.83. The zero-order valence-corrected chi connectivity index (χ0v) is 11.2. The first kappa shape index (κ1) is 15.4. The largest absolute Gasteiger partial charge is 0.441 e. The van der Waals surface area contributed by atoms with Gasteiger partial charge < -0.3 is 5.73 Å². The Balaban J connectivity index is 2.45. The van der Waals surface area contributed by atoms with Crippen LogP contribution in [0.25, 0.3) is 0 Å². The minimum atomic E-state index is -4.14. The number of rotatable bonds is 6. The molecule has 0 radical (unpaired) electrons. The van der Waals surface area contributed by atoms with E-state index in [9.17, 15) is 13.2 Å². The van der Waals surface area contributed by atoms with E-state index < -0.39 is 5.51 Å². The lowest BCUT2D eigenvalue weighted by atomic mass is 9.94. The zero-order chi connectivity index (χ0) is 13.6. The molecule has 5 heteroatoms. The SMILES string of the molecule is Cc1ccccc1CC(CN)CCSC(F)(F)F. The maximum absolute atomic E-state index is 12.0. The van der Waals surface area contributed by atoms with Crippen molar-refractivity contribution in [1.29, 1.82) is 0 Å². The van der Waals surface area contributed by atoms with Gasteiger partial charge in [0.2, 0.25) is 0 Å².